The van der Waals surface area contributed by atoms with Gasteiger partial charge < -0.3 is 5.21 Å². The Morgan fingerprint density at radius 2 is 1.56 bits per heavy atom. The molecule has 1 heterocycles. The molecule has 88 valence electrons. The number of rotatable bonds is 1. The van der Waals surface area contributed by atoms with E-state index in [9.17, 15) is 5.21 Å². The van der Waals surface area contributed by atoms with Crippen LogP contribution in [0.1, 0.15) is 5.56 Å². The van der Waals surface area contributed by atoms with Gasteiger partial charge in [-0.2, -0.15) is 4.73 Å². The average Bonchev–Trinajstić information content (AvgIpc) is 2.41. The summed E-state index contributed by atoms with van der Waals surface area (Å²) in [6.45, 7) is 2.02. The van der Waals surface area contributed by atoms with Crippen molar-refractivity contribution >= 4 is 10.9 Å². The van der Waals surface area contributed by atoms with Crippen molar-refractivity contribution in [2.24, 2.45) is 0 Å². The molecule has 3 rings (SSSR count). The third-order valence-corrected chi connectivity index (χ3v) is 3.22. The summed E-state index contributed by atoms with van der Waals surface area (Å²) in [7, 11) is 0. The second-order valence-corrected chi connectivity index (χ2v) is 4.39. The topological polar surface area (TPSA) is 26.9 Å². The first-order valence-electron chi connectivity index (χ1n) is 5.95. The van der Waals surface area contributed by atoms with Crippen molar-refractivity contribution in [2.75, 3.05) is 0 Å². The van der Waals surface area contributed by atoms with E-state index in [2.05, 4.69) is 0 Å². The van der Waals surface area contributed by atoms with Gasteiger partial charge in [-0.3, -0.25) is 0 Å². The van der Waals surface area contributed by atoms with Gasteiger partial charge in [-0.05, 0) is 30.7 Å². The molecule has 0 amide bonds. The molecule has 0 aliphatic rings. The van der Waals surface area contributed by atoms with Gasteiger partial charge in [-0.15, -0.1) is 0 Å². The SMILES string of the molecule is Cc1ccccc1-c1ccc2ccccc2[n+]1[O-]. The maximum absolute atomic E-state index is 12.4. The summed E-state index contributed by atoms with van der Waals surface area (Å²) in [5, 5.41) is 13.4. The fraction of sp³-hybridized carbons (Fsp3) is 0.0625. The molecule has 0 saturated carbocycles. The highest BCUT2D eigenvalue weighted by Gasteiger charge is 2.13. The number of benzene rings is 2. The van der Waals surface area contributed by atoms with Crippen molar-refractivity contribution in [1.82, 2.24) is 0 Å². The Bertz CT molecular complexity index is 719. The molecule has 2 nitrogen and oxygen atoms in total. The van der Waals surface area contributed by atoms with E-state index < -0.39 is 0 Å². The Balaban J connectivity index is 2.31. The Labute approximate surface area is 106 Å². The third kappa shape index (κ3) is 1.63. The lowest BCUT2D eigenvalue weighted by molar-refractivity contribution is -0.565. The number of fused-ring (bicyclic) bond motifs is 1. The zero-order valence-electron chi connectivity index (χ0n) is 10.1. The summed E-state index contributed by atoms with van der Waals surface area (Å²) < 4.78 is 1.01. The van der Waals surface area contributed by atoms with Gasteiger partial charge in [-0.1, -0.05) is 30.3 Å². The molecule has 0 bridgehead atoms. The largest absolute Gasteiger partial charge is 0.618 e. The maximum Gasteiger partial charge on any atom is 0.224 e. The van der Waals surface area contributed by atoms with Crippen molar-refractivity contribution in [3.05, 3.63) is 71.4 Å². The van der Waals surface area contributed by atoms with Gasteiger partial charge in [0.1, 0.15) is 0 Å². The van der Waals surface area contributed by atoms with E-state index in [0.717, 1.165) is 21.2 Å². The molecule has 1 aromatic heterocycles. The van der Waals surface area contributed by atoms with E-state index in [1.807, 2.05) is 67.6 Å². The number of pyridine rings is 1. The van der Waals surface area contributed by atoms with Crippen LogP contribution in [0.3, 0.4) is 0 Å². The highest BCUT2D eigenvalue weighted by molar-refractivity contribution is 5.77. The highest BCUT2D eigenvalue weighted by atomic mass is 16.5. The molecular formula is C16H13NO. The fourth-order valence-electron chi connectivity index (χ4n) is 2.24. The van der Waals surface area contributed by atoms with E-state index in [1.54, 1.807) is 0 Å². The monoisotopic (exact) mass is 235 g/mol. The zero-order chi connectivity index (χ0) is 12.5. The Hall–Kier alpha value is -2.35. The van der Waals surface area contributed by atoms with Crippen molar-refractivity contribution < 1.29 is 4.73 Å². The molecular weight excluding hydrogens is 222 g/mol. The Morgan fingerprint density at radius 1 is 0.833 bits per heavy atom. The van der Waals surface area contributed by atoms with E-state index in [-0.39, 0.29) is 0 Å². The van der Waals surface area contributed by atoms with E-state index in [1.165, 1.54) is 0 Å². The van der Waals surface area contributed by atoms with Crippen molar-refractivity contribution in [3.8, 4) is 11.3 Å². The number of nitrogens with zero attached hydrogens (tertiary/aromatic N) is 1. The number of hydrogen-bond acceptors (Lipinski definition) is 1. The lowest BCUT2D eigenvalue weighted by Crippen LogP contribution is -2.30. The lowest BCUT2D eigenvalue weighted by Gasteiger charge is -2.09. The van der Waals surface area contributed by atoms with Crippen LogP contribution in [-0.4, -0.2) is 0 Å². The first kappa shape index (κ1) is 10.8. The van der Waals surface area contributed by atoms with Crippen LogP contribution in [0.2, 0.25) is 0 Å². The molecule has 0 aliphatic heterocycles. The second kappa shape index (κ2) is 4.15. The zero-order valence-corrected chi connectivity index (χ0v) is 10.1. The van der Waals surface area contributed by atoms with E-state index in [0.29, 0.717) is 11.2 Å². The molecule has 0 saturated heterocycles. The minimum atomic E-state index is 0.701. The van der Waals surface area contributed by atoms with Crippen LogP contribution in [0.25, 0.3) is 22.2 Å². The minimum absolute atomic E-state index is 0.701. The highest BCUT2D eigenvalue weighted by Crippen LogP contribution is 2.22. The molecule has 0 atom stereocenters. The quantitative estimate of drug-likeness (QED) is 0.469. The molecule has 2 aromatic carbocycles. The van der Waals surface area contributed by atoms with Crippen LogP contribution < -0.4 is 4.73 Å². The van der Waals surface area contributed by atoms with Crippen LogP contribution in [0.15, 0.2) is 60.7 Å². The first-order chi connectivity index (χ1) is 8.77. The smallest absolute Gasteiger partial charge is 0.224 e. The van der Waals surface area contributed by atoms with Gasteiger partial charge >= 0.3 is 0 Å². The molecule has 0 fully saturated rings. The molecule has 3 aromatic rings. The molecule has 18 heavy (non-hydrogen) atoms. The molecule has 0 spiro atoms. The number of para-hydroxylation sites is 1. The Kier molecular flexibility index (Phi) is 2.49. The lowest BCUT2D eigenvalue weighted by atomic mass is 10.0. The molecule has 0 N–H and O–H groups in total. The van der Waals surface area contributed by atoms with Gasteiger partial charge in [0.15, 0.2) is 0 Å². The van der Waals surface area contributed by atoms with Crippen LogP contribution in [0.4, 0.5) is 0 Å². The maximum atomic E-state index is 12.4. The van der Waals surface area contributed by atoms with Crippen molar-refractivity contribution in [2.45, 2.75) is 6.92 Å². The number of hydrogen-bond donors (Lipinski definition) is 0. The summed E-state index contributed by atoms with van der Waals surface area (Å²) in [5.74, 6) is 0. The predicted molar refractivity (Wildman–Crippen MR) is 73.1 cm³/mol. The summed E-state index contributed by atoms with van der Waals surface area (Å²) >= 11 is 0. The Morgan fingerprint density at radius 3 is 2.39 bits per heavy atom. The summed E-state index contributed by atoms with van der Waals surface area (Å²) in [6, 6.07) is 19.4. The predicted octanol–water partition coefficient (Wildman–Crippen LogP) is 3.45. The van der Waals surface area contributed by atoms with E-state index >= 15 is 0 Å². The number of aryl methyl sites for hydroxylation is 1. The minimum Gasteiger partial charge on any atom is -0.618 e. The summed E-state index contributed by atoms with van der Waals surface area (Å²) in [4.78, 5) is 0. The van der Waals surface area contributed by atoms with Crippen LogP contribution in [0, 0.1) is 12.1 Å². The van der Waals surface area contributed by atoms with Gasteiger partial charge in [-0.25, -0.2) is 0 Å². The van der Waals surface area contributed by atoms with Crippen molar-refractivity contribution in [3.63, 3.8) is 0 Å². The van der Waals surface area contributed by atoms with E-state index in [4.69, 9.17) is 0 Å². The molecule has 0 radical (unpaired) electrons. The van der Waals surface area contributed by atoms with Crippen LogP contribution in [-0.2, 0) is 0 Å². The fourth-order valence-corrected chi connectivity index (χ4v) is 2.24. The van der Waals surface area contributed by atoms with Gasteiger partial charge in [0.25, 0.3) is 0 Å². The van der Waals surface area contributed by atoms with Gasteiger partial charge in [0, 0.05) is 17.5 Å². The third-order valence-electron chi connectivity index (χ3n) is 3.22. The van der Waals surface area contributed by atoms with Gasteiger partial charge in [0.2, 0.25) is 11.2 Å². The molecule has 0 aliphatic carbocycles. The standard InChI is InChI=1S/C16H13NO/c1-12-6-2-4-8-14(12)16-11-10-13-7-3-5-9-15(13)17(16)18/h2-11H,1H3. The van der Waals surface area contributed by atoms with Crippen LogP contribution >= 0.6 is 0 Å². The summed E-state index contributed by atoms with van der Waals surface area (Å²) in [6.07, 6.45) is 0. The summed E-state index contributed by atoms with van der Waals surface area (Å²) in [5.41, 5.74) is 3.50. The van der Waals surface area contributed by atoms with Gasteiger partial charge in [0.05, 0.1) is 5.56 Å². The average molecular weight is 235 g/mol. The van der Waals surface area contributed by atoms with Crippen molar-refractivity contribution in [1.29, 1.82) is 0 Å². The van der Waals surface area contributed by atoms with Crippen LogP contribution in [0.5, 0.6) is 0 Å². The second-order valence-electron chi connectivity index (χ2n) is 4.39. The molecule has 0 unspecified atom stereocenters. The first-order valence-corrected chi connectivity index (χ1v) is 5.95. The molecule has 2 heteroatoms. The number of aromatic nitrogens is 1. The normalized spacial score (nSPS) is 10.7.